The first-order valence-electron chi connectivity index (χ1n) is 8.03. The Morgan fingerprint density at radius 3 is 2.69 bits per heavy atom. The molecule has 26 heavy (non-hydrogen) atoms. The number of sulfonamides is 1. The number of rotatable bonds is 5. The Bertz CT molecular complexity index is 878. The van der Waals surface area contributed by atoms with E-state index >= 15 is 0 Å². The van der Waals surface area contributed by atoms with E-state index < -0.39 is 10.0 Å². The molecule has 1 fully saturated rings. The van der Waals surface area contributed by atoms with E-state index in [1.165, 1.54) is 16.4 Å². The number of thiophene rings is 1. The predicted octanol–water partition coefficient (Wildman–Crippen LogP) is 2.69. The summed E-state index contributed by atoms with van der Waals surface area (Å²) in [6.07, 6.45) is 0. The number of benzene rings is 1. The van der Waals surface area contributed by atoms with Crippen LogP contribution < -0.4 is 0 Å². The summed E-state index contributed by atoms with van der Waals surface area (Å²) in [5, 5.41) is 4.02. The van der Waals surface area contributed by atoms with Crippen LogP contribution in [0.2, 0.25) is 5.02 Å². The lowest BCUT2D eigenvalue weighted by Gasteiger charge is -2.26. The van der Waals surface area contributed by atoms with E-state index in [4.69, 9.17) is 16.3 Å². The molecule has 0 spiro atoms. The Morgan fingerprint density at radius 1 is 1.31 bits per heavy atom. The van der Waals surface area contributed by atoms with Crippen LogP contribution in [0.3, 0.4) is 0 Å². The number of morpholine rings is 1. The highest BCUT2D eigenvalue weighted by Crippen LogP contribution is 2.27. The molecule has 1 saturated heterocycles. The summed E-state index contributed by atoms with van der Waals surface area (Å²) in [6.45, 7) is 1.69. The van der Waals surface area contributed by atoms with Crippen molar-refractivity contribution in [1.29, 1.82) is 0 Å². The summed E-state index contributed by atoms with van der Waals surface area (Å²) in [6, 6.07) is 6.32. The van der Waals surface area contributed by atoms with Gasteiger partial charge in [0.25, 0.3) is 5.91 Å². The molecule has 0 aliphatic carbocycles. The van der Waals surface area contributed by atoms with Gasteiger partial charge in [-0.05, 0) is 40.6 Å². The normalized spacial score (nSPS) is 15.8. The van der Waals surface area contributed by atoms with E-state index in [9.17, 15) is 13.2 Å². The minimum atomic E-state index is -3.77. The Hall–Kier alpha value is -1.45. The van der Waals surface area contributed by atoms with Crippen molar-refractivity contribution in [2.24, 2.45) is 0 Å². The number of nitrogens with zero attached hydrogens (tertiary/aromatic N) is 2. The second-order valence-corrected chi connectivity index (χ2v) is 9.05. The highest BCUT2D eigenvalue weighted by atomic mass is 35.5. The van der Waals surface area contributed by atoms with Gasteiger partial charge >= 0.3 is 0 Å². The highest BCUT2D eigenvalue weighted by molar-refractivity contribution is 7.89. The van der Waals surface area contributed by atoms with E-state index in [1.54, 1.807) is 29.4 Å². The molecule has 9 heteroatoms. The van der Waals surface area contributed by atoms with Gasteiger partial charge in [0.2, 0.25) is 10.0 Å². The minimum Gasteiger partial charge on any atom is -0.379 e. The number of halogens is 1. The quantitative estimate of drug-likeness (QED) is 0.754. The smallest absolute Gasteiger partial charge is 0.253 e. The van der Waals surface area contributed by atoms with Gasteiger partial charge in [-0.3, -0.25) is 4.79 Å². The molecule has 140 valence electrons. The molecule has 1 aliphatic heterocycles. The number of carbonyl (C=O) groups is 1. The van der Waals surface area contributed by atoms with Gasteiger partial charge in [-0.2, -0.15) is 15.6 Å². The largest absolute Gasteiger partial charge is 0.379 e. The molecule has 0 atom stereocenters. The maximum absolute atomic E-state index is 12.9. The molecule has 0 unspecified atom stereocenters. The summed E-state index contributed by atoms with van der Waals surface area (Å²) in [4.78, 5) is 14.2. The van der Waals surface area contributed by atoms with Crippen molar-refractivity contribution in [1.82, 2.24) is 9.21 Å². The van der Waals surface area contributed by atoms with E-state index in [0.29, 0.717) is 25.3 Å². The number of hydrogen-bond donors (Lipinski definition) is 0. The summed E-state index contributed by atoms with van der Waals surface area (Å²) < 4.78 is 32.3. The SMILES string of the molecule is CN(Cc1ccsc1)C(=O)c1ccc(Cl)c(S(=O)(=O)N2CCOCC2)c1. The molecular weight excluding hydrogens is 396 g/mol. The van der Waals surface area contributed by atoms with Crippen molar-refractivity contribution in [3.8, 4) is 0 Å². The third-order valence-corrected chi connectivity index (χ3v) is 7.22. The average molecular weight is 415 g/mol. The van der Waals surface area contributed by atoms with Crippen molar-refractivity contribution in [3.05, 3.63) is 51.2 Å². The summed E-state index contributed by atoms with van der Waals surface area (Å²) >= 11 is 7.70. The van der Waals surface area contributed by atoms with E-state index in [0.717, 1.165) is 5.56 Å². The van der Waals surface area contributed by atoms with Crippen LogP contribution in [0.15, 0.2) is 39.9 Å². The zero-order valence-corrected chi connectivity index (χ0v) is 16.6. The van der Waals surface area contributed by atoms with Gasteiger partial charge in [-0.1, -0.05) is 11.6 Å². The Balaban J connectivity index is 1.86. The summed E-state index contributed by atoms with van der Waals surface area (Å²) in [5.74, 6) is -0.258. The van der Waals surface area contributed by atoms with Crippen molar-refractivity contribution in [3.63, 3.8) is 0 Å². The van der Waals surface area contributed by atoms with E-state index in [2.05, 4.69) is 0 Å². The summed E-state index contributed by atoms with van der Waals surface area (Å²) in [5.41, 5.74) is 1.32. The second-order valence-electron chi connectivity index (χ2n) is 5.95. The number of ether oxygens (including phenoxy) is 1. The molecule has 0 N–H and O–H groups in total. The second kappa shape index (κ2) is 8.06. The zero-order chi connectivity index (χ0) is 18.7. The van der Waals surface area contributed by atoms with Gasteiger partial charge in [-0.25, -0.2) is 8.42 Å². The maximum Gasteiger partial charge on any atom is 0.253 e. The fourth-order valence-corrected chi connectivity index (χ4v) is 5.28. The molecule has 3 rings (SSSR count). The zero-order valence-electron chi connectivity index (χ0n) is 14.2. The van der Waals surface area contributed by atoms with Gasteiger partial charge < -0.3 is 9.64 Å². The first-order valence-corrected chi connectivity index (χ1v) is 10.8. The van der Waals surface area contributed by atoms with Crippen LogP contribution in [-0.2, 0) is 21.3 Å². The van der Waals surface area contributed by atoms with Crippen molar-refractivity contribution in [2.45, 2.75) is 11.4 Å². The fraction of sp³-hybridized carbons (Fsp3) is 0.353. The average Bonchev–Trinajstić information content (AvgIpc) is 3.15. The first-order chi connectivity index (χ1) is 12.4. The maximum atomic E-state index is 12.9. The molecule has 1 amide bonds. The van der Waals surface area contributed by atoms with Gasteiger partial charge in [0.15, 0.2) is 0 Å². The van der Waals surface area contributed by atoms with Crippen LogP contribution in [0.1, 0.15) is 15.9 Å². The first kappa shape index (κ1) is 19.3. The molecule has 0 bridgehead atoms. The third kappa shape index (κ3) is 4.10. The molecule has 2 aromatic rings. The molecule has 1 aromatic carbocycles. The topological polar surface area (TPSA) is 66.9 Å². The van der Waals surface area contributed by atoms with Crippen LogP contribution in [-0.4, -0.2) is 56.9 Å². The minimum absolute atomic E-state index is 0.0455. The van der Waals surface area contributed by atoms with Crippen LogP contribution in [0, 0.1) is 0 Å². The number of carbonyl (C=O) groups excluding carboxylic acids is 1. The van der Waals surface area contributed by atoms with Gasteiger partial charge in [0, 0.05) is 32.2 Å². The standard InChI is InChI=1S/C17H19ClN2O4S2/c1-19(11-13-4-9-25-12-13)17(21)14-2-3-15(18)16(10-14)26(22,23)20-5-7-24-8-6-20/h2-4,9-10,12H,5-8,11H2,1H3. The lowest BCUT2D eigenvalue weighted by molar-refractivity contribution is 0.0730. The molecule has 6 nitrogen and oxygen atoms in total. The van der Waals surface area contributed by atoms with Gasteiger partial charge in [0.1, 0.15) is 4.90 Å². The third-order valence-electron chi connectivity index (χ3n) is 4.11. The van der Waals surface area contributed by atoms with Gasteiger partial charge in [0.05, 0.1) is 18.2 Å². The highest BCUT2D eigenvalue weighted by Gasteiger charge is 2.29. The molecular formula is C17H19ClN2O4S2. The van der Waals surface area contributed by atoms with Crippen molar-refractivity contribution >= 4 is 38.9 Å². The Labute approximate surface area is 162 Å². The Kier molecular flexibility index (Phi) is 5.99. The van der Waals surface area contributed by atoms with Crippen LogP contribution >= 0.6 is 22.9 Å². The molecule has 0 saturated carbocycles. The molecule has 0 radical (unpaired) electrons. The lowest BCUT2D eigenvalue weighted by Crippen LogP contribution is -2.40. The van der Waals surface area contributed by atoms with Gasteiger partial charge in [-0.15, -0.1) is 0 Å². The summed E-state index contributed by atoms with van der Waals surface area (Å²) in [7, 11) is -2.09. The lowest BCUT2D eigenvalue weighted by atomic mass is 10.2. The Morgan fingerprint density at radius 2 is 2.04 bits per heavy atom. The van der Waals surface area contributed by atoms with Crippen LogP contribution in [0.25, 0.3) is 0 Å². The monoisotopic (exact) mass is 414 g/mol. The van der Waals surface area contributed by atoms with Crippen LogP contribution in [0.5, 0.6) is 0 Å². The predicted molar refractivity (Wildman–Crippen MR) is 101 cm³/mol. The van der Waals surface area contributed by atoms with Crippen molar-refractivity contribution in [2.75, 3.05) is 33.4 Å². The molecule has 1 aliphatic rings. The van der Waals surface area contributed by atoms with E-state index in [-0.39, 0.29) is 28.9 Å². The molecule has 2 heterocycles. The van der Waals surface area contributed by atoms with Crippen LogP contribution in [0.4, 0.5) is 0 Å². The van der Waals surface area contributed by atoms with E-state index in [1.807, 2.05) is 16.8 Å². The number of hydrogen-bond acceptors (Lipinski definition) is 5. The molecule has 1 aromatic heterocycles. The number of amides is 1. The fourth-order valence-electron chi connectivity index (χ4n) is 2.71. The van der Waals surface area contributed by atoms with Crippen molar-refractivity contribution < 1.29 is 17.9 Å².